The van der Waals surface area contributed by atoms with Gasteiger partial charge in [-0.2, -0.15) is 0 Å². The van der Waals surface area contributed by atoms with Crippen molar-refractivity contribution in [1.82, 2.24) is 0 Å². The Labute approximate surface area is 96.7 Å². The van der Waals surface area contributed by atoms with Crippen LogP contribution in [0, 0.1) is 13.8 Å². The molecule has 16 heavy (non-hydrogen) atoms. The zero-order valence-corrected chi connectivity index (χ0v) is 9.95. The lowest BCUT2D eigenvalue weighted by atomic mass is 10.00. The van der Waals surface area contributed by atoms with Gasteiger partial charge in [0.1, 0.15) is 5.75 Å². The first kappa shape index (κ1) is 10.7. The number of aryl methyl sites for hydroxylation is 2. The summed E-state index contributed by atoms with van der Waals surface area (Å²) in [6, 6.07) is 14.7. The third-order valence-electron chi connectivity index (χ3n) is 2.64. The van der Waals surface area contributed by atoms with E-state index in [1.165, 1.54) is 16.7 Å². The van der Waals surface area contributed by atoms with Crippen LogP contribution in [-0.4, -0.2) is 7.11 Å². The molecular weight excluding hydrogens is 196 g/mol. The molecule has 82 valence electrons. The average molecular weight is 212 g/mol. The van der Waals surface area contributed by atoms with E-state index in [2.05, 4.69) is 38.1 Å². The fourth-order valence-electron chi connectivity index (χ4n) is 2.01. The Bertz CT molecular complexity index is 480. The van der Waals surface area contributed by atoms with E-state index in [9.17, 15) is 0 Å². The third kappa shape index (κ3) is 2.08. The number of benzene rings is 2. The Kier molecular flexibility index (Phi) is 2.95. The van der Waals surface area contributed by atoms with E-state index in [0.717, 1.165) is 11.3 Å². The van der Waals surface area contributed by atoms with E-state index in [0.29, 0.717) is 0 Å². The zero-order chi connectivity index (χ0) is 11.5. The fourth-order valence-corrected chi connectivity index (χ4v) is 2.01. The van der Waals surface area contributed by atoms with Crippen molar-refractivity contribution in [2.75, 3.05) is 7.11 Å². The van der Waals surface area contributed by atoms with Gasteiger partial charge in [0.15, 0.2) is 0 Å². The summed E-state index contributed by atoms with van der Waals surface area (Å²) in [4.78, 5) is 0. The van der Waals surface area contributed by atoms with Gasteiger partial charge in [-0.05, 0) is 25.5 Å². The highest BCUT2D eigenvalue weighted by Gasteiger charge is 2.05. The van der Waals surface area contributed by atoms with Gasteiger partial charge < -0.3 is 4.74 Å². The number of methoxy groups -OCH3 is 1. The second-order valence-corrected chi connectivity index (χ2v) is 4.08. The molecule has 0 radical (unpaired) electrons. The molecule has 0 atom stereocenters. The van der Waals surface area contributed by atoms with Crippen molar-refractivity contribution in [2.24, 2.45) is 0 Å². The van der Waals surface area contributed by atoms with E-state index in [1.807, 2.05) is 18.2 Å². The highest BCUT2D eigenvalue weighted by atomic mass is 16.5. The molecule has 0 aliphatic rings. The molecule has 2 rings (SSSR count). The molecule has 0 saturated heterocycles. The Hall–Kier alpha value is -1.76. The van der Waals surface area contributed by atoms with Crippen molar-refractivity contribution in [3.05, 3.63) is 53.6 Å². The van der Waals surface area contributed by atoms with Crippen molar-refractivity contribution in [3.8, 4) is 16.9 Å². The van der Waals surface area contributed by atoms with Gasteiger partial charge in [-0.25, -0.2) is 0 Å². The Morgan fingerprint density at radius 2 is 1.50 bits per heavy atom. The summed E-state index contributed by atoms with van der Waals surface area (Å²) in [7, 11) is 1.71. The molecule has 0 N–H and O–H groups in total. The molecule has 1 nitrogen and oxygen atoms in total. The highest BCUT2D eigenvalue weighted by Crippen LogP contribution is 2.30. The second-order valence-electron chi connectivity index (χ2n) is 4.08. The standard InChI is InChI=1S/C15H16O/c1-11-8-12(2)10-13(9-11)14-6-4-5-7-15(14)16-3/h4-10H,1-3H3. The molecule has 0 bridgehead atoms. The lowest BCUT2D eigenvalue weighted by Gasteiger charge is -2.09. The highest BCUT2D eigenvalue weighted by molar-refractivity contribution is 5.71. The monoisotopic (exact) mass is 212 g/mol. The van der Waals surface area contributed by atoms with Crippen molar-refractivity contribution < 1.29 is 4.74 Å². The average Bonchev–Trinajstić information content (AvgIpc) is 2.27. The quantitative estimate of drug-likeness (QED) is 0.731. The Morgan fingerprint density at radius 3 is 2.12 bits per heavy atom. The fraction of sp³-hybridized carbons (Fsp3) is 0.200. The molecule has 0 unspecified atom stereocenters. The van der Waals surface area contributed by atoms with Gasteiger partial charge in [-0.3, -0.25) is 0 Å². The second kappa shape index (κ2) is 4.40. The van der Waals surface area contributed by atoms with Gasteiger partial charge in [0, 0.05) is 5.56 Å². The largest absolute Gasteiger partial charge is 0.496 e. The SMILES string of the molecule is COc1ccccc1-c1cc(C)cc(C)c1. The van der Waals surface area contributed by atoms with E-state index in [-0.39, 0.29) is 0 Å². The Morgan fingerprint density at radius 1 is 0.875 bits per heavy atom. The van der Waals surface area contributed by atoms with Gasteiger partial charge >= 0.3 is 0 Å². The number of para-hydroxylation sites is 1. The van der Waals surface area contributed by atoms with Crippen LogP contribution in [0.3, 0.4) is 0 Å². The maximum Gasteiger partial charge on any atom is 0.126 e. The minimum atomic E-state index is 0.924. The first-order chi connectivity index (χ1) is 7.70. The van der Waals surface area contributed by atoms with Crippen LogP contribution >= 0.6 is 0 Å². The lowest BCUT2D eigenvalue weighted by Crippen LogP contribution is -1.88. The summed E-state index contributed by atoms with van der Waals surface area (Å²) >= 11 is 0. The maximum absolute atomic E-state index is 5.38. The predicted molar refractivity (Wildman–Crippen MR) is 67.9 cm³/mol. The first-order valence-corrected chi connectivity index (χ1v) is 5.42. The molecule has 2 aromatic carbocycles. The summed E-state index contributed by atoms with van der Waals surface area (Å²) in [5.41, 5.74) is 4.92. The summed E-state index contributed by atoms with van der Waals surface area (Å²) in [5.74, 6) is 0.924. The van der Waals surface area contributed by atoms with Crippen LogP contribution < -0.4 is 4.74 Å². The minimum absolute atomic E-state index is 0.924. The molecule has 2 aromatic rings. The summed E-state index contributed by atoms with van der Waals surface area (Å²) in [5, 5.41) is 0. The normalized spacial score (nSPS) is 10.2. The summed E-state index contributed by atoms with van der Waals surface area (Å²) in [6.07, 6.45) is 0. The van der Waals surface area contributed by atoms with Crippen LogP contribution in [-0.2, 0) is 0 Å². The van der Waals surface area contributed by atoms with E-state index < -0.39 is 0 Å². The smallest absolute Gasteiger partial charge is 0.126 e. The topological polar surface area (TPSA) is 9.23 Å². The van der Waals surface area contributed by atoms with Crippen LogP contribution in [0.25, 0.3) is 11.1 Å². The number of hydrogen-bond acceptors (Lipinski definition) is 1. The number of ether oxygens (including phenoxy) is 1. The van der Waals surface area contributed by atoms with Crippen LogP contribution in [0.15, 0.2) is 42.5 Å². The van der Waals surface area contributed by atoms with Crippen molar-refractivity contribution in [2.45, 2.75) is 13.8 Å². The van der Waals surface area contributed by atoms with E-state index >= 15 is 0 Å². The number of rotatable bonds is 2. The van der Waals surface area contributed by atoms with Crippen LogP contribution in [0.4, 0.5) is 0 Å². The number of hydrogen-bond donors (Lipinski definition) is 0. The molecular formula is C15H16O. The lowest BCUT2D eigenvalue weighted by molar-refractivity contribution is 0.416. The van der Waals surface area contributed by atoms with Crippen molar-refractivity contribution >= 4 is 0 Å². The molecule has 0 aliphatic heterocycles. The first-order valence-electron chi connectivity index (χ1n) is 5.42. The summed E-state index contributed by atoms with van der Waals surface area (Å²) < 4.78 is 5.38. The van der Waals surface area contributed by atoms with Gasteiger partial charge in [-0.15, -0.1) is 0 Å². The van der Waals surface area contributed by atoms with Crippen LogP contribution in [0.2, 0.25) is 0 Å². The molecule has 0 fully saturated rings. The van der Waals surface area contributed by atoms with Crippen LogP contribution in [0.1, 0.15) is 11.1 Å². The van der Waals surface area contributed by atoms with Gasteiger partial charge in [-0.1, -0.05) is 47.5 Å². The van der Waals surface area contributed by atoms with Gasteiger partial charge in [0.2, 0.25) is 0 Å². The maximum atomic E-state index is 5.38. The minimum Gasteiger partial charge on any atom is -0.496 e. The van der Waals surface area contributed by atoms with E-state index in [1.54, 1.807) is 7.11 Å². The Balaban J connectivity index is 2.58. The molecule has 1 heteroatoms. The van der Waals surface area contributed by atoms with Gasteiger partial charge in [0.25, 0.3) is 0 Å². The molecule has 0 heterocycles. The zero-order valence-electron chi connectivity index (χ0n) is 9.95. The third-order valence-corrected chi connectivity index (χ3v) is 2.64. The van der Waals surface area contributed by atoms with Crippen LogP contribution in [0.5, 0.6) is 5.75 Å². The molecule has 0 saturated carbocycles. The van der Waals surface area contributed by atoms with Gasteiger partial charge in [0.05, 0.1) is 7.11 Å². The molecule has 0 aromatic heterocycles. The van der Waals surface area contributed by atoms with E-state index in [4.69, 9.17) is 4.74 Å². The van der Waals surface area contributed by atoms with Crippen molar-refractivity contribution in [3.63, 3.8) is 0 Å². The molecule has 0 aliphatic carbocycles. The molecule has 0 amide bonds. The molecule has 0 spiro atoms. The predicted octanol–water partition coefficient (Wildman–Crippen LogP) is 3.98. The van der Waals surface area contributed by atoms with Crippen molar-refractivity contribution in [1.29, 1.82) is 0 Å². The summed E-state index contributed by atoms with van der Waals surface area (Å²) in [6.45, 7) is 4.23.